The summed E-state index contributed by atoms with van der Waals surface area (Å²) in [5.41, 5.74) is -0.985. The van der Waals surface area contributed by atoms with Gasteiger partial charge in [0.05, 0.1) is 11.9 Å². The molecule has 0 unspecified atom stereocenters. The molecule has 0 saturated heterocycles. The topological polar surface area (TPSA) is 105 Å². The third-order valence-corrected chi connectivity index (χ3v) is 2.44. The van der Waals surface area contributed by atoms with Gasteiger partial charge in [0.25, 0.3) is 5.56 Å². The number of aryl methyl sites for hydroxylation is 1. The van der Waals surface area contributed by atoms with E-state index in [1.807, 2.05) is 4.98 Å². The number of aromatic nitrogens is 3. The zero-order chi connectivity index (χ0) is 13.3. The molecule has 0 spiro atoms. The predicted octanol–water partition coefficient (Wildman–Crippen LogP) is -0.0726. The molecule has 0 amide bonds. The fourth-order valence-electron chi connectivity index (χ4n) is 1.51. The first-order chi connectivity index (χ1) is 8.50. The highest BCUT2D eigenvalue weighted by Crippen LogP contribution is 2.08. The van der Waals surface area contributed by atoms with Crippen molar-refractivity contribution in [2.75, 3.05) is 0 Å². The summed E-state index contributed by atoms with van der Waals surface area (Å²) in [6, 6.07) is 1.67. The molecule has 2 rings (SSSR count). The Morgan fingerprint density at radius 1 is 1.44 bits per heavy atom. The van der Waals surface area contributed by atoms with Crippen LogP contribution >= 0.6 is 0 Å². The Balaban J connectivity index is 2.77. The number of aromatic carboxylic acids is 1. The molecular formula is C11H9N3O4. The molecule has 0 bridgehead atoms. The Kier molecular flexibility index (Phi) is 2.80. The average molecular weight is 247 g/mol. The van der Waals surface area contributed by atoms with E-state index in [-0.39, 0.29) is 0 Å². The van der Waals surface area contributed by atoms with Gasteiger partial charge in [-0.2, -0.15) is 0 Å². The number of H-pyrrole nitrogens is 1. The van der Waals surface area contributed by atoms with E-state index in [0.29, 0.717) is 5.69 Å². The quantitative estimate of drug-likeness (QED) is 0.772. The van der Waals surface area contributed by atoms with Crippen molar-refractivity contribution in [2.24, 2.45) is 0 Å². The first-order valence-electron chi connectivity index (χ1n) is 5.01. The zero-order valence-electron chi connectivity index (χ0n) is 9.38. The molecule has 0 fully saturated rings. The Labute approximate surface area is 100 Å². The maximum absolute atomic E-state index is 11.7. The molecule has 0 atom stereocenters. The SMILES string of the molecule is Cc1ccncc1-n1cc(C(=O)O)c(=O)[nH]c1=O. The molecule has 92 valence electrons. The Morgan fingerprint density at radius 3 is 2.78 bits per heavy atom. The third-order valence-electron chi connectivity index (χ3n) is 2.44. The number of nitrogens with one attached hydrogen (secondary N) is 1. The molecule has 2 aromatic heterocycles. The summed E-state index contributed by atoms with van der Waals surface area (Å²) in [5.74, 6) is -1.40. The second kappa shape index (κ2) is 4.28. The maximum atomic E-state index is 11.7. The van der Waals surface area contributed by atoms with E-state index < -0.39 is 22.8 Å². The van der Waals surface area contributed by atoms with Crippen molar-refractivity contribution in [2.45, 2.75) is 6.92 Å². The standard InChI is InChI=1S/C11H9N3O4/c1-6-2-3-12-4-8(6)14-5-7(10(16)17)9(15)13-11(14)18/h2-5H,1H3,(H,16,17)(H,13,15,18). The highest BCUT2D eigenvalue weighted by atomic mass is 16.4. The van der Waals surface area contributed by atoms with E-state index in [9.17, 15) is 14.4 Å². The third kappa shape index (κ3) is 1.93. The lowest BCUT2D eigenvalue weighted by atomic mass is 10.2. The van der Waals surface area contributed by atoms with Crippen LogP contribution in [0, 0.1) is 6.92 Å². The number of nitrogens with zero attached hydrogens (tertiary/aromatic N) is 2. The van der Waals surface area contributed by atoms with Gasteiger partial charge >= 0.3 is 11.7 Å². The van der Waals surface area contributed by atoms with Gasteiger partial charge in [0.2, 0.25) is 0 Å². The molecule has 2 heterocycles. The molecule has 0 saturated carbocycles. The summed E-state index contributed by atoms with van der Waals surface area (Å²) in [6.45, 7) is 1.75. The van der Waals surface area contributed by atoms with Crippen LogP contribution in [0.1, 0.15) is 15.9 Å². The van der Waals surface area contributed by atoms with Crippen LogP contribution in [0.15, 0.2) is 34.2 Å². The van der Waals surface area contributed by atoms with Gasteiger partial charge in [-0.3, -0.25) is 19.3 Å². The molecule has 0 aliphatic rings. The van der Waals surface area contributed by atoms with Gasteiger partial charge in [0.15, 0.2) is 0 Å². The van der Waals surface area contributed by atoms with Crippen LogP contribution in [0.3, 0.4) is 0 Å². The summed E-state index contributed by atoms with van der Waals surface area (Å²) in [7, 11) is 0. The monoisotopic (exact) mass is 247 g/mol. The number of carboxylic acids is 1. The van der Waals surface area contributed by atoms with Crippen LogP contribution in [-0.4, -0.2) is 25.6 Å². The second-order valence-electron chi connectivity index (χ2n) is 3.64. The van der Waals surface area contributed by atoms with Crippen molar-refractivity contribution in [3.05, 3.63) is 56.6 Å². The number of carboxylic acid groups (broad SMARTS) is 1. The lowest BCUT2D eigenvalue weighted by Crippen LogP contribution is -2.32. The molecule has 0 aliphatic carbocycles. The van der Waals surface area contributed by atoms with Gasteiger partial charge in [0.1, 0.15) is 5.56 Å². The van der Waals surface area contributed by atoms with Gasteiger partial charge < -0.3 is 5.11 Å². The molecule has 0 radical (unpaired) electrons. The van der Waals surface area contributed by atoms with Crippen molar-refractivity contribution < 1.29 is 9.90 Å². The highest BCUT2D eigenvalue weighted by molar-refractivity contribution is 5.86. The largest absolute Gasteiger partial charge is 0.477 e. The lowest BCUT2D eigenvalue weighted by molar-refractivity contribution is 0.0694. The number of hydrogen-bond donors (Lipinski definition) is 2. The normalized spacial score (nSPS) is 10.3. The first-order valence-corrected chi connectivity index (χ1v) is 5.01. The summed E-state index contributed by atoms with van der Waals surface area (Å²) in [4.78, 5) is 39.6. The average Bonchev–Trinajstić information content (AvgIpc) is 2.30. The fraction of sp³-hybridized carbons (Fsp3) is 0.0909. The summed E-state index contributed by atoms with van der Waals surface area (Å²) >= 11 is 0. The smallest absolute Gasteiger partial charge is 0.342 e. The summed E-state index contributed by atoms with van der Waals surface area (Å²) < 4.78 is 1.05. The summed E-state index contributed by atoms with van der Waals surface area (Å²) in [5, 5.41) is 8.85. The van der Waals surface area contributed by atoms with Gasteiger partial charge in [-0.15, -0.1) is 0 Å². The van der Waals surface area contributed by atoms with Crippen molar-refractivity contribution >= 4 is 5.97 Å². The fourth-order valence-corrected chi connectivity index (χ4v) is 1.51. The molecule has 7 heteroatoms. The summed E-state index contributed by atoms with van der Waals surface area (Å²) in [6.07, 6.45) is 3.96. The molecule has 0 aliphatic heterocycles. The van der Waals surface area contributed by atoms with Crippen LogP contribution in [0.4, 0.5) is 0 Å². The van der Waals surface area contributed by atoms with E-state index in [4.69, 9.17) is 5.11 Å². The highest BCUT2D eigenvalue weighted by Gasteiger charge is 2.13. The minimum atomic E-state index is -1.40. The molecule has 2 N–H and O–H groups in total. The van der Waals surface area contributed by atoms with Crippen molar-refractivity contribution in [1.82, 2.24) is 14.5 Å². The van der Waals surface area contributed by atoms with E-state index in [1.165, 1.54) is 6.20 Å². The Bertz CT molecular complexity index is 730. The van der Waals surface area contributed by atoms with Crippen LogP contribution < -0.4 is 11.2 Å². The van der Waals surface area contributed by atoms with Crippen LogP contribution in [0.2, 0.25) is 0 Å². The molecule has 2 aromatic rings. The van der Waals surface area contributed by atoms with Crippen LogP contribution in [0.25, 0.3) is 5.69 Å². The van der Waals surface area contributed by atoms with Gasteiger partial charge in [0, 0.05) is 12.4 Å². The number of rotatable bonds is 2. The van der Waals surface area contributed by atoms with E-state index in [0.717, 1.165) is 16.3 Å². The molecule has 18 heavy (non-hydrogen) atoms. The van der Waals surface area contributed by atoms with Crippen molar-refractivity contribution in [3.8, 4) is 5.69 Å². The second-order valence-corrected chi connectivity index (χ2v) is 3.64. The van der Waals surface area contributed by atoms with Gasteiger partial charge in [-0.1, -0.05) is 0 Å². The Hall–Kier alpha value is -2.70. The number of aromatic amines is 1. The maximum Gasteiger partial charge on any atom is 0.342 e. The van der Waals surface area contributed by atoms with Crippen molar-refractivity contribution in [1.29, 1.82) is 0 Å². The minimum Gasteiger partial charge on any atom is -0.477 e. The van der Waals surface area contributed by atoms with Gasteiger partial charge in [-0.05, 0) is 18.6 Å². The van der Waals surface area contributed by atoms with Crippen LogP contribution in [-0.2, 0) is 0 Å². The van der Waals surface area contributed by atoms with Crippen LogP contribution in [0.5, 0.6) is 0 Å². The predicted molar refractivity (Wildman–Crippen MR) is 62.2 cm³/mol. The minimum absolute atomic E-state index is 0.418. The van der Waals surface area contributed by atoms with Gasteiger partial charge in [-0.25, -0.2) is 9.59 Å². The molecule has 7 nitrogen and oxygen atoms in total. The first kappa shape index (κ1) is 11.8. The molecular weight excluding hydrogens is 238 g/mol. The lowest BCUT2D eigenvalue weighted by Gasteiger charge is -2.07. The number of hydrogen-bond acceptors (Lipinski definition) is 4. The molecule has 0 aromatic carbocycles. The van der Waals surface area contributed by atoms with E-state index >= 15 is 0 Å². The Morgan fingerprint density at radius 2 is 2.17 bits per heavy atom. The number of carbonyl (C=O) groups is 1. The zero-order valence-corrected chi connectivity index (χ0v) is 9.38. The van der Waals surface area contributed by atoms with E-state index in [1.54, 1.807) is 19.2 Å². The van der Waals surface area contributed by atoms with Crippen molar-refractivity contribution in [3.63, 3.8) is 0 Å². The number of pyridine rings is 1. The van der Waals surface area contributed by atoms with E-state index in [2.05, 4.69) is 4.98 Å².